The van der Waals surface area contributed by atoms with Crippen molar-refractivity contribution < 1.29 is 27.5 Å². The number of hydrogen-bond donors (Lipinski definition) is 3. The molecule has 0 atom stereocenters. The van der Waals surface area contributed by atoms with Crippen LogP contribution in [0.1, 0.15) is 46.9 Å². The summed E-state index contributed by atoms with van der Waals surface area (Å²) in [4.78, 5) is 23.4. The van der Waals surface area contributed by atoms with E-state index in [9.17, 15) is 18.0 Å². The lowest BCUT2D eigenvalue weighted by Gasteiger charge is -2.07. The van der Waals surface area contributed by atoms with Crippen LogP contribution in [-0.4, -0.2) is 31.9 Å². The molecule has 26 heavy (non-hydrogen) atoms. The number of sulfonamides is 1. The summed E-state index contributed by atoms with van der Waals surface area (Å²) in [5.74, 6) is -1.70. The Morgan fingerprint density at radius 1 is 1.15 bits per heavy atom. The van der Waals surface area contributed by atoms with Gasteiger partial charge in [0.05, 0.1) is 4.90 Å². The molecule has 0 fully saturated rings. The first-order chi connectivity index (χ1) is 12.3. The number of aryl methyl sites for hydroxylation is 1. The van der Waals surface area contributed by atoms with Crippen LogP contribution in [-0.2, 0) is 16.4 Å². The van der Waals surface area contributed by atoms with Gasteiger partial charge < -0.3 is 14.8 Å². The van der Waals surface area contributed by atoms with Gasteiger partial charge in [-0.3, -0.25) is 4.79 Å². The maximum atomic E-state index is 12.2. The van der Waals surface area contributed by atoms with Crippen molar-refractivity contribution in [1.82, 2.24) is 4.72 Å². The number of benzene rings is 1. The second-order valence-corrected chi connectivity index (χ2v) is 7.25. The molecule has 1 amide bonds. The monoisotopic (exact) mass is 380 g/mol. The largest absolute Gasteiger partial charge is 0.478 e. The first-order valence-corrected chi connectivity index (χ1v) is 9.53. The molecule has 1 aromatic carbocycles. The number of carboxylic acids is 1. The van der Waals surface area contributed by atoms with Crippen molar-refractivity contribution in [2.45, 2.75) is 31.6 Å². The number of furan rings is 1. The van der Waals surface area contributed by atoms with Gasteiger partial charge in [-0.05, 0) is 30.7 Å². The summed E-state index contributed by atoms with van der Waals surface area (Å²) in [7, 11) is -3.58. The van der Waals surface area contributed by atoms with Crippen LogP contribution in [0, 0.1) is 0 Å². The van der Waals surface area contributed by atoms with E-state index in [0.717, 1.165) is 0 Å². The second-order valence-electron chi connectivity index (χ2n) is 5.48. The molecule has 1 aromatic heterocycles. The molecule has 0 unspecified atom stereocenters. The van der Waals surface area contributed by atoms with Gasteiger partial charge in [-0.25, -0.2) is 17.9 Å². The third kappa shape index (κ3) is 4.50. The molecule has 0 radical (unpaired) electrons. The zero-order chi connectivity index (χ0) is 19.3. The maximum Gasteiger partial charge on any atom is 0.339 e. The fourth-order valence-corrected chi connectivity index (χ4v) is 3.35. The molecular weight excluding hydrogens is 360 g/mol. The molecule has 3 N–H and O–H groups in total. The second kappa shape index (κ2) is 8.15. The van der Waals surface area contributed by atoms with Gasteiger partial charge in [0, 0.05) is 24.7 Å². The number of hydrogen-bond acceptors (Lipinski definition) is 5. The third-order valence-electron chi connectivity index (χ3n) is 3.55. The van der Waals surface area contributed by atoms with Gasteiger partial charge in [-0.1, -0.05) is 13.8 Å². The molecule has 0 saturated heterocycles. The zero-order valence-electron chi connectivity index (χ0n) is 14.4. The Balaban J connectivity index is 2.14. The van der Waals surface area contributed by atoms with Crippen LogP contribution in [0.5, 0.6) is 0 Å². The van der Waals surface area contributed by atoms with Crippen LogP contribution in [0.15, 0.2) is 39.6 Å². The molecule has 8 nitrogen and oxygen atoms in total. The Morgan fingerprint density at radius 3 is 2.31 bits per heavy atom. The number of carbonyl (C=O) groups is 2. The predicted molar refractivity (Wildman–Crippen MR) is 94.9 cm³/mol. The molecule has 1 heterocycles. The van der Waals surface area contributed by atoms with Crippen molar-refractivity contribution in [3.63, 3.8) is 0 Å². The Labute approximate surface area is 151 Å². The van der Waals surface area contributed by atoms with Crippen LogP contribution >= 0.6 is 0 Å². The minimum absolute atomic E-state index is 0.0545. The summed E-state index contributed by atoms with van der Waals surface area (Å²) in [5, 5.41) is 11.6. The quantitative estimate of drug-likeness (QED) is 0.646. The lowest BCUT2D eigenvalue weighted by molar-refractivity contribution is 0.0694. The fraction of sp³-hybridized carbons (Fsp3) is 0.294. The van der Waals surface area contributed by atoms with Gasteiger partial charge in [0.1, 0.15) is 11.3 Å². The Hall–Kier alpha value is -2.65. The highest BCUT2D eigenvalue weighted by Crippen LogP contribution is 2.19. The van der Waals surface area contributed by atoms with E-state index in [1.807, 2.05) is 6.92 Å². The summed E-state index contributed by atoms with van der Waals surface area (Å²) in [5.41, 5.74) is 0.303. The third-order valence-corrected chi connectivity index (χ3v) is 5.03. The number of carboxylic acid groups (broad SMARTS) is 1. The van der Waals surface area contributed by atoms with Crippen LogP contribution in [0.2, 0.25) is 0 Å². The topological polar surface area (TPSA) is 126 Å². The first kappa shape index (κ1) is 19.7. The number of rotatable bonds is 8. The standard InChI is InChI=1S/C17H20N2O6S/c1-3-9-18-26(23,24)12-7-5-11(6-8-12)19-16(20)15-10-13(17(21)22)14(4-2)25-15/h5-8,10,18H,3-4,9H2,1-2H3,(H,19,20)(H,21,22). The van der Waals surface area contributed by atoms with Crippen molar-refractivity contribution in [3.8, 4) is 0 Å². The summed E-state index contributed by atoms with van der Waals surface area (Å²) >= 11 is 0. The van der Waals surface area contributed by atoms with Crippen molar-refractivity contribution >= 4 is 27.6 Å². The van der Waals surface area contributed by atoms with E-state index in [2.05, 4.69) is 10.0 Å². The number of amides is 1. The Kier molecular flexibility index (Phi) is 6.17. The molecule has 0 aliphatic carbocycles. The van der Waals surface area contributed by atoms with Gasteiger partial charge >= 0.3 is 5.97 Å². The number of nitrogens with one attached hydrogen (secondary N) is 2. The lowest BCUT2D eigenvalue weighted by atomic mass is 10.2. The van der Waals surface area contributed by atoms with Crippen molar-refractivity contribution in [2.75, 3.05) is 11.9 Å². The van der Waals surface area contributed by atoms with Crippen LogP contribution < -0.4 is 10.0 Å². The van der Waals surface area contributed by atoms with E-state index < -0.39 is 21.9 Å². The minimum Gasteiger partial charge on any atom is -0.478 e. The first-order valence-electron chi connectivity index (χ1n) is 8.05. The van der Waals surface area contributed by atoms with E-state index in [1.54, 1.807) is 6.92 Å². The van der Waals surface area contributed by atoms with Gasteiger partial charge in [-0.15, -0.1) is 0 Å². The van der Waals surface area contributed by atoms with Crippen molar-refractivity contribution in [3.05, 3.63) is 47.4 Å². The summed E-state index contributed by atoms with van der Waals surface area (Å²) in [6, 6.07) is 6.80. The summed E-state index contributed by atoms with van der Waals surface area (Å²) in [6.07, 6.45) is 1.01. The van der Waals surface area contributed by atoms with Crippen molar-refractivity contribution in [1.29, 1.82) is 0 Å². The molecule has 0 saturated carbocycles. The molecule has 2 aromatic rings. The fourth-order valence-electron chi connectivity index (χ4n) is 2.21. The normalized spacial score (nSPS) is 11.3. The molecule has 9 heteroatoms. The van der Waals surface area contributed by atoms with Crippen LogP contribution in [0.4, 0.5) is 5.69 Å². The zero-order valence-corrected chi connectivity index (χ0v) is 15.2. The van der Waals surface area contributed by atoms with Gasteiger partial charge in [0.2, 0.25) is 10.0 Å². The number of carbonyl (C=O) groups excluding carboxylic acids is 1. The van der Waals surface area contributed by atoms with Crippen LogP contribution in [0.3, 0.4) is 0 Å². The maximum absolute atomic E-state index is 12.2. The SMILES string of the molecule is CCCNS(=O)(=O)c1ccc(NC(=O)c2cc(C(=O)O)c(CC)o2)cc1. The highest BCUT2D eigenvalue weighted by Gasteiger charge is 2.20. The van der Waals surface area contributed by atoms with Gasteiger partial charge in [-0.2, -0.15) is 0 Å². The van der Waals surface area contributed by atoms with E-state index in [4.69, 9.17) is 9.52 Å². The molecule has 2 rings (SSSR count). The smallest absolute Gasteiger partial charge is 0.339 e. The van der Waals surface area contributed by atoms with Gasteiger partial charge in [0.15, 0.2) is 5.76 Å². The molecular formula is C17H20N2O6S. The predicted octanol–water partition coefficient (Wildman–Crippen LogP) is 2.48. The van der Waals surface area contributed by atoms with E-state index in [-0.39, 0.29) is 22.0 Å². The Bertz CT molecular complexity index is 900. The molecule has 0 spiro atoms. The highest BCUT2D eigenvalue weighted by molar-refractivity contribution is 7.89. The Morgan fingerprint density at radius 2 is 1.81 bits per heavy atom. The lowest BCUT2D eigenvalue weighted by Crippen LogP contribution is -2.24. The van der Waals surface area contributed by atoms with E-state index in [0.29, 0.717) is 25.1 Å². The molecule has 140 valence electrons. The average Bonchev–Trinajstić information content (AvgIpc) is 3.05. The summed E-state index contributed by atoms with van der Waals surface area (Å²) < 4.78 is 31.8. The van der Waals surface area contributed by atoms with Gasteiger partial charge in [0.25, 0.3) is 5.91 Å². The van der Waals surface area contributed by atoms with Crippen LogP contribution in [0.25, 0.3) is 0 Å². The van der Waals surface area contributed by atoms with Crippen molar-refractivity contribution in [2.24, 2.45) is 0 Å². The van der Waals surface area contributed by atoms with E-state index >= 15 is 0 Å². The highest BCUT2D eigenvalue weighted by atomic mass is 32.2. The molecule has 0 aliphatic heterocycles. The number of aromatic carboxylic acids is 1. The molecule has 0 bridgehead atoms. The van der Waals surface area contributed by atoms with E-state index in [1.165, 1.54) is 30.3 Å². The number of anilines is 1. The average molecular weight is 380 g/mol. The molecule has 0 aliphatic rings. The minimum atomic E-state index is -3.58. The summed E-state index contributed by atoms with van der Waals surface area (Å²) in [6.45, 7) is 3.92.